The average molecular weight is 817 g/mol. The first-order chi connectivity index (χ1) is 26.6. The Morgan fingerprint density at radius 3 is 1.72 bits per heavy atom. The van der Waals surface area contributed by atoms with E-state index in [2.05, 4.69) is 16.0 Å². The second-order valence-corrected chi connectivity index (χ2v) is 21.3. The number of hydrogen-bond donors (Lipinski definition) is 4. The van der Waals surface area contributed by atoms with Crippen LogP contribution in [0.5, 0.6) is 0 Å². The minimum atomic E-state index is -1.57. The maximum absolute atomic E-state index is 14.5. The van der Waals surface area contributed by atoms with Crippen LogP contribution in [-0.2, 0) is 33.6 Å². The molecule has 0 heterocycles. The van der Waals surface area contributed by atoms with E-state index in [0.29, 0.717) is 25.2 Å². The van der Waals surface area contributed by atoms with E-state index >= 15 is 0 Å². The molecule has 0 saturated heterocycles. The predicted octanol–water partition coefficient (Wildman–Crippen LogP) is 7.26. The summed E-state index contributed by atoms with van der Waals surface area (Å²) in [5, 5.41) is 19.3. The number of nitrogens with one attached hydrogen (secondary N) is 3. The Kier molecular flexibility index (Phi) is 18.2. The summed E-state index contributed by atoms with van der Waals surface area (Å²) in [6.07, 6.45) is 7.85. The topological polar surface area (TPSA) is 179 Å². The molecule has 0 aromatic rings. The molecule has 2 aliphatic rings. The number of aliphatic carboxylic acids is 1. The van der Waals surface area contributed by atoms with Crippen LogP contribution in [0.1, 0.15) is 173 Å². The molecule has 0 aromatic carbocycles. The molecule has 0 bridgehead atoms. The molecule has 332 valence electrons. The number of hydrogen-bond acceptors (Lipinski definition) is 7. The monoisotopic (exact) mass is 817 g/mol. The summed E-state index contributed by atoms with van der Waals surface area (Å²) >= 11 is 0. The maximum atomic E-state index is 14.5. The highest BCUT2D eigenvalue weighted by Gasteiger charge is 2.53. The number of carbonyl (C=O) groups is 7. The molecule has 0 unspecified atom stereocenters. The third-order valence-corrected chi connectivity index (χ3v) is 12.9. The summed E-state index contributed by atoms with van der Waals surface area (Å²) in [5.74, 6) is -5.25. The number of carbonyl (C=O) groups excluding carboxylic acids is 6. The van der Waals surface area contributed by atoms with Crippen molar-refractivity contribution in [1.29, 1.82) is 0 Å². The van der Waals surface area contributed by atoms with Gasteiger partial charge >= 0.3 is 5.97 Å². The van der Waals surface area contributed by atoms with Crippen molar-refractivity contribution in [3.63, 3.8) is 0 Å². The lowest BCUT2D eigenvalue weighted by molar-refractivity contribution is -0.155. The lowest BCUT2D eigenvalue weighted by Gasteiger charge is -2.38. The summed E-state index contributed by atoms with van der Waals surface area (Å²) in [6, 6.07) is -3.72. The van der Waals surface area contributed by atoms with E-state index in [-0.39, 0.29) is 54.2 Å². The van der Waals surface area contributed by atoms with E-state index in [1.165, 1.54) is 24.2 Å². The summed E-state index contributed by atoms with van der Waals surface area (Å²) in [5.41, 5.74) is -3.61. The maximum Gasteiger partial charge on any atom is 0.312 e. The zero-order valence-electron chi connectivity index (χ0n) is 38.6. The van der Waals surface area contributed by atoms with Crippen LogP contribution in [-0.4, -0.2) is 82.4 Å². The Morgan fingerprint density at radius 1 is 0.724 bits per heavy atom. The molecule has 0 spiro atoms. The van der Waals surface area contributed by atoms with Crippen LogP contribution in [0.4, 0.5) is 0 Å². The Balaban J connectivity index is 2.48. The normalized spacial score (nSPS) is 19.6. The van der Waals surface area contributed by atoms with Crippen molar-refractivity contribution >= 4 is 41.2 Å². The Bertz CT molecular complexity index is 1460. The van der Waals surface area contributed by atoms with E-state index < -0.39 is 76.2 Å². The number of nitrogens with zero attached hydrogens (tertiary/aromatic N) is 1. The molecular weight excluding hydrogens is 737 g/mol. The number of rotatable bonds is 19. The fourth-order valence-electron chi connectivity index (χ4n) is 9.12. The van der Waals surface area contributed by atoms with Gasteiger partial charge in [0.1, 0.15) is 17.9 Å². The van der Waals surface area contributed by atoms with E-state index in [1.807, 2.05) is 48.5 Å². The van der Waals surface area contributed by atoms with Gasteiger partial charge in [-0.15, -0.1) is 0 Å². The summed E-state index contributed by atoms with van der Waals surface area (Å²) in [6.45, 7) is 24.0. The SMILES string of the molecule is CC[C@@H](NC(=O)[C@@H](NC(=O)[C@@H](CC(=O)[C@@H](NC(=O)[C@H](C(C)C)N(C)C(=O)[C@H](C)CC1CCCCC1)C(C)(C)C)CC(=O)C(C)(C)C)C1(C(=O)O)CCCC1)C(C)(C)C. The molecule has 6 atom stereocenters. The molecule has 4 N–H and O–H groups in total. The molecule has 0 aromatic heterocycles. The standard InChI is InChI=1S/C46H80N4O8/c1-15-33(43(5,6)7)47-40(55)37(46(42(57)58)23-19-20-24-46)49-38(53)31(27-34(52)44(8,9)10)26-32(51)36(45(11,12)13)48-39(54)35(28(2)3)50(14)41(56)29(4)25-30-21-17-16-18-22-30/h28-31,33,35-37H,15-27H2,1-14H3,(H,47,55)(H,48,54)(H,49,53)(H,57,58)/t29-,31+,33-,35+,36-,37-/m1/s1. The predicted molar refractivity (Wildman–Crippen MR) is 227 cm³/mol. The Morgan fingerprint density at radius 2 is 1.28 bits per heavy atom. The smallest absolute Gasteiger partial charge is 0.312 e. The zero-order valence-corrected chi connectivity index (χ0v) is 38.6. The molecule has 2 aliphatic carbocycles. The van der Waals surface area contributed by atoms with Crippen molar-refractivity contribution in [2.24, 2.45) is 45.3 Å². The van der Waals surface area contributed by atoms with Crippen LogP contribution >= 0.6 is 0 Å². The van der Waals surface area contributed by atoms with Crippen molar-refractivity contribution in [1.82, 2.24) is 20.9 Å². The molecule has 12 heteroatoms. The first-order valence-corrected chi connectivity index (χ1v) is 22.1. The van der Waals surface area contributed by atoms with Gasteiger partial charge in [-0.05, 0) is 48.3 Å². The highest BCUT2D eigenvalue weighted by Crippen LogP contribution is 2.42. The van der Waals surface area contributed by atoms with Crippen LogP contribution in [0.3, 0.4) is 0 Å². The zero-order chi connectivity index (χ0) is 44.6. The fraction of sp³-hybridized carbons (Fsp3) is 0.848. The summed E-state index contributed by atoms with van der Waals surface area (Å²) in [7, 11) is 1.64. The third kappa shape index (κ3) is 13.6. The Labute approximate surface area is 349 Å². The van der Waals surface area contributed by atoms with Gasteiger partial charge in [-0.3, -0.25) is 33.6 Å². The van der Waals surface area contributed by atoms with Crippen molar-refractivity contribution in [3.05, 3.63) is 0 Å². The molecule has 0 radical (unpaired) electrons. The highest BCUT2D eigenvalue weighted by molar-refractivity contribution is 5.99. The van der Waals surface area contributed by atoms with Crippen molar-refractivity contribution in [2.75, 3.05) is 7.05 Å². The summed E-state index contributed by atoms with van der Waals surface area (Å²) in [4.78, 5) is 99.1. The summed E-state index contributed by atoms with van der Waals surface area (Å²) < 4.78 is 0. The molecule has 2 rings (SSSR count). The second kappa shape index (κ2) is 20.8. The van der Waals surface area contributed by atoms with Crippen LogP contribution in [0.25, 0.3) is 0 Å². The van der Waals surface area contributed by atoms with Crippen LogP contribution in [0.15, 0.2) is 0 Å². The van der Waals surface area contributed by atoms with Crippen molar-refractivity contribution < 1.29 is 38.7 Å². The van der Waals surface area contributed by atoms with Crippen LogP contribution in [0, 0.1) is 45.3 Å². The fourth-order valence-corrected chi connectivity index (χ4v) is 9.12. The number of likely N-dealkylation sites (N-methyl/N-ethyl adjacent to an activating group) is 1. The van der Waals surface area contributed by atoms with Crippen molar-refractivity contribution in [2.45, 2.75) is 198 Å². The van der Waals surface area contributed by atoms with E-state index in [1.54, 1.807) is 48.6 Å². The molecule has 12 nitrogen and oxygen atoms in total. The van der Waals surface area contributed by atoms with Gasteiger partial charge in [-0.2, -0.15) is 0 Å². The van der Waals surface area contributed by atoms with E-state index in [9.17, 15) is 38.7 Å². The lowest BCUT2D eigenvalue weighted by atomic mass is 9.76. The van der Waals surface area contributed by atoms with E-state index in [0.717, 1.165) is 19.3 Å². The van der Waals surface area contributed by atoms with Gasteiger partial charge in [0.05, 0.1) is 17.4 Å². The second-order valence-electron chi connectivity index (χ2n) is 21.3. The Hall–Kier alpha value is -3.31. The van der Waals surface area contributed by atoms with Crippen LogP contribution < -0.4 is 16.0 Å². The van der Waals surface area contributed by atoms with Gasteiger partial charge in [0.2, 0.25) is 23.6 Å². The molecular formula is C46H80N4O8. The van der Waals surface area contributed by atoms with Gasteiger partial charge < -0.3 is 26.0 Å². The molecule has 2 saturated carbocycles. The first kappa shape index (κ1) is 50.8. The largest absolute Gasteiger partial charge is 0.481 e. The number of carboxylic acids is 1. The molecule has 58 heavy (non-hydrogen) atoms. The van der Waals surface area contributed by atoms with Gasteiger partial charge in [0.15, 0.2) is 5.78 Å². The van der Waals surface area contributed by atoms with Gasteiger partial charge in [-0.1, -0.05) is 135 Å². The number of amides is 4. The van der Waals surface area contributed by atoms with Gasteiger partial charge in [0, 0.05) is 37.3 Å². The quantitative estimate of drug-likeness (QED) is 0.105. The third-order valence-electron chi connectivity index (χ3n) is 12.9. The number of ketones is 2. The molecule has 0 aliphatic heterocycles. The van der Waals surface area contributed by atoms with Gasteiger partial charge in [-0.25, -0.2) is 0 Å². The van der Waals surface area contributed by atoms with E-state index in [4.69, 9.17) is 0 Å². The minimum Gasteiger partial charge on any atom is -0.481 e. The lowest BCUT2D eigenvalue weighted by Crippen LogP contribution is -2.61. The average Bonchev–Trinajstić information content (AvgIpc) is 3.61. The van der Waals surface area contributed by atoms with Gasteiger partial charge in [0.25, 0.3) is 0 Å². The van der Waals surface area contributed by atoms with Crippen molar-refractivity contribution in [3.8, 4) is 0 Å². The van der Waals surface area contributed by atoms with Crippen LogP contribution in [0.2, 0.25) is 0 Å². The first-order valence-electron chi connectivity index (χ1n) is 22.1. The highest BCUT2D eigenvalue weighted by atomic mass is 16.4. The molecule has 4 amide bonds. The minimum absolute atomic E-state index is 0.122. The number of Topliss-reactive ketones (excluding diaryl/α,β-unsaturated/α-hetero) is 2. The number of carboxylic acid groups (broad SMARTS) is 1. The molecule has 2 fully saturated rings.